The van der Waals surface area contributed by atoms with Gasteiger partial charge in [0.05, 0.1) is 6.61 Å². The third-order valence-corrected chi connectivity index (χ3v) is 5.86. The summed E-state index contributed by atoms with van der Waals surface area (Å²) in [4.78, 5) is 40.5. The normalized spacial score (nSPS) is 16.3. The lowest BCUT2D eigenvalue weighted by atomic mass is 9.94. The first-order valence-corrected chi connectivity index (χ1v) is 12.3. The van der Waals surface area contributed by atoms with Crippen molar-refractivity contribution in [1.82, 2.24) is 15.5 Å². The number of hydrogen-bond acceptors (Lipinski definition) is 7. The van der Waals surface area contributed by atoms with E-state index >= 15 is 0 Å². The molecule has 0 aromatic heterocycles. The van der Waals surface area contributed by atoms with Gasteiger partial charge < -0.3 is 30.5 Å². The molecule has 10 heteroatoms. The fraction of sp³-hybridized carbons (Fsp3) is 0.625. The van der Waals surface area contributed by atoms with Gasteiger partial charge in [-0.15, -0.1) is 0 Å². The van der Waals surface area contributed by atoms with Gasteiger partial charge in [-0.3, -0.25) is 9.59 Å². The number of amides is 3. The second-order valence-electron chi connectivity index (χ2n) is 9.48. The molecule has 9 nitrogen and oxygen atoms in total. The Bertz CT molecular complexity index is 838. The van der Waals surface area contributed by atoms with Crippen molar-refractivity contribution >= 4 is 30.5 Å². The van der Waals surface area contributed by atoms with E-state index in [4.69, 9.17) is 4.74 Å². The van der Waals surface area contributed by atoms with E-state index in [2.05, 4.69) is 23.3 Å². The van der Waals surface area contributed by atoms with Crippen LogP contribution in [0.5, 0.6) is 5.75 Å². The quantitative estimate of drug-likeness (QED) is 0.335. The molecule has 0 saturated heterocycles. The molecule has 190 valence electrons. The molecule has 3 amide bonds. The SMILES string of the molecule is CC(C)(C)OC(=O)NC(CS)C(=O)N(CCO)C(C(=O)NC1CCCCC1)c1cccc(O)c1. The van der Waals surface area contributed by atoms with Crippen molar-refractivity contribution in [3.05, 3.63) is 29.8 Å². The van der Waals surface area contributed by atoms with E-state index in [9.17, 15) is 24.6 Å². The highest BCUT2D eigenvalue weighted by Gasteiger charge is 2.36. The Kier molecular flexibility index (Phi) is 10.5. The highest BCUT2D eigenvalue weighted by molar-refractivity contribution is 7.80. The lowest BCUT2D eigenvalue weighted by Gasteiger charge is -2.35. The summed E-state index contributed by atoms with van der Waals surface area (Å²) >= 11 is 4.21. The number of thiol groups is 1. The fourth-order valence-electron chi connectivity index (χ4n) is 4.00. The van der Waals surface area contributed by atoms with Gasteiger partial charge >= 0.3 is 6.09 Å². The number of benzene rings is 1. The fourth-order valence-corrected chi connectivity index (χ4v) is 4.25. The van der Waals surface area contributed by atoms with E-state index in [1.165, 1.54) is 17.0 Å². The number of phenolic OH excluding ortho intramolecular Hbond substituents is 1. The number of nitrogens with zero attached hydrogens (tertiary/aromatic N) is 1. The van der Waals surface area contributed by atoms with E-state index in [0.717, 1.165) is 32.1 Å². The molecule has 1 aliphatic rings. The van der Waals surface area contributed by atoms with Crippen LogP contribution in [-0.4, -0.2) is 69.6 Å². The van der Waals surface area contributed by atoms with Crippen molar-refractivity contribution in [2.75, 3.05) is 18.9 Å². The van der Waals surface area contributed by atoms with E-state index < -0.39 is 42.2 Å². The number of ether oxygens (including phenoxy) is 1. The van der Waals surface area contributed by atoms with E-state index in [0.29, 0.717) is 5.56 Å². The van der Waals surface area contributed by atoms with E-state index in [1.54, 1.807) is 32.9 Å². The van der Waals surface area contributed by atoms with Crippen LogP contribution in [0.3, 0.4) is 0 Å². The lowest BCUT2D eigenvalue weighted by molar-refractivity contribution is -0.143. The topological polar surface area (TPSA) is 128 Å². The number of aliphatic hydroxyl groups excluding tert-OH is 1. The summed E-state index contributed by atoms with van der Waals surface area (Å²) in [6.45, 7) is 4.56. The van der Waals surface area contributed by atoms with Crippen LogP contribution in [0.15, 0.2) is 24.3 Å². The highest BCUT2D eigenvalue weighted by atomic mass is 32.1. The molecule has 0 heterocycles. The minimum absolute atomic E-state index is 0.00676. The number of phenols is 1. The first kappa shape index (κ1) is 27.8. The summed E-state index contributed by atoms with van der Waals surface area (Å²) in [7, 11) is 0. The summed E-state index contributed by atoms with van der Waals surface area (Å²) in [6, 6.07) is 3.90. The largest absolute Gasteiger partial charge is 0.508 e. The second kappa shape index (κ2) is 12.9. The van der Waals surface area contributed by atoms with Gasteiger partial charge in [0.15, 0.2) is 0 Å². The van der Waals surface area contributed by atoms with Crippen molar-refractivity contribution < 1.29 is 29.3 Å². The van der Waals surface area contributed by atoms with Crippen molar-refractivity contribution in [2.45, 2.75) is 76.6 Å². The highest BCUT2D eigenvalue weighted by Crippen LogP contribution is 2.27. The number of rotatable bonds is 9. The summed E-state index contributed by atoms with van der Waals surface area (Å²) in [6.07, 6.45) is 4.07. The third kappa shape index (κ3) is 8.39. The summed E-state index contributed by atoms with van der Waals surface area (Å²) < 4.78 is 5.25. The Morgan fingerprint density at radius 3 is 2.44 bits per heavy atom. The molecule has 2 rings (SSSR count). The molecule has 0 bridgehead atoms. The van der Waals surface area contributed by atoms with Gasteiger partial charge in [0.1, 0.15) is 23.4 Å². The van der Waals surface area contributed by atoms with E-state index in [1.807, 2.05) is 0 Å². The molecule has 1 saturated carbocycles. The molecular formula is C24H37N3O6S. The van der Waals surface area contributed by atoms with Crippen LogP contribution >= 0.6 is 12.6 Å². The summed E-state index contributed by atoms with van der Waals surface area (Å²) in [5.41, 5.74) is -0.367. The Balaban J connectivity index is 2.34. The predicted molar refractivity (Wildman–Crippen MR) is 132 cm³/mol. The van der Waals surface area contributed by atoms with Gasteiger partial charge in [0, 0.05) is 18.3 Å². The minimum Gasteiger partial charge on any atom is -0.508 e. The van der Waals surface area contributed by atoms with Crippen LogP contribution in [0.2, 0.25) is 0 Å². The molecule has 1 fully saturated rings. The Morgan fingerprint density at radius 2 is 1.88 bits per heavy atom. The number of aliphatic hydroxyl groups is 1. The zero-order valence-corrected chi connectivity index (χ0v) is 21.0. The molecule has 0 spiro atoms. The summed E-state index contributed by atoms with van der Waals surface area (Å²) in [5, 5.41) is 25.3. The van der Waals surface area contributed by atoms with Gasteiger partial charge in [0.2, 0.25) is 11.8 Å². The van der Waals surface area contributed by atoms with Crippen LogP contribution in [-0.2, 0) is 14.3 Å². The van der Waals surface area contributed by atoms with Gasteiger partial charge in [-0.2, -0.15) is 12.6 Å². The number of carbonyl (C=O) groups is 3. The Labute approximate surface area is 206 Å². The molecule has 1 aromatic rings. The molecule has 0 radical (unpaired) electrons. The molecule has 2 atom stereocenters. The average molecular weight is 496 g/mol. The van der Waals surface area contributed by atoms with Gasteiger partial charge in [-0.05, 0) is 51.3 Å². The number of aromatic hydroxyl groups is 1. The monoisotopic (exact) mass is 495 g/mol. The molecule has 0 aliphatic heterocycles. The molecule has 4 N–H and O–H groups in total. The number of carbonyl (C=O) groups excluding carboxylic acids is 3. The number of nitrogens with one attached hydrogen (secondary N) is 2. The van der Waals surface area contributed by atoms with Crippen molar-refractivity contribution in [3.8, 4) is 5.75 Å². The van der Waals surface area contributed by atoms with Crippen LogP contribution in [0.25, 0.3) is 0 Å². The maximum atomic E-state index is 13.5. The molecule has 2 unspecified atom stereocenters. The van der Waals surface area contributed by atoms with Crippen LogP contribution in [0.4, 0.5) is 4.79 Å². The maximum Gasteiger partial charge on any atom is 0.408 e. The Morgan fingerprint density at radius 1 is 1.21 bits per heavy atom. The van der Waals surface area contributed by atoms with Crippen molar-refractivity contribution in [2.24, 2.45) is 0 Å². The van der Waals surface area contributed by atoms with Crippen molar-refractivity contribution in [1.29, 1.82) is 0 Å². The van der Waals surface area contributed by atoms with Crippen LogP contribution in [0, 0.1) is 0 Å². The van der Waals surface area contributed by atoms with Crippen LogP contribution < -0.4 is 10.6 Å². The number of alkyl carbamates (subject to hydrolysis) is 1. The third-order valence-electron chi connectivity index (χ3n) is 5.49. The molecule has 34 heavy (non-hydrogen) atoms. The average Bonchev–Trinajstić information content (AvgIpc) is 2.76. The predicted octanol–water partition coefficient (Wildman–Crippen LogP) is 2.53. The van der Waals surface area contributed by atoms with Crippen molar-refractivity contribution in [3.63, 3.8) is 0 Å². The van der Waals surface area contributed by atoms with Gasteiger partial charge in [-0.25, -0.2) is 4.79 Å². The zero-order chi connectivity index (χ0) is 25.3. The zero-order valence-electron chi connectivity index (χ0n) is 20.1. The molecular weight excluding hydrogens is 458 g/mol. The number of hydrogen-bond donors (Lipinski definition) is 5. The molecule has 1 aromatic carbocycles. The van der Waals surface area contributed by atoms with Gasteiger partial charge in [0.25, 0.3) is 0 Å². The smallest absolute Gasteiger partial charge is 0.408 e. The Hall–Kier alpha value is -2.46. The maximum absolute atomic E-state index is 13.5. The van der Waals surface area contributed by atoms with Gasteiger partial charge in [-0.1, -0.05) is 31.4 Å². The second-order valence-corrected chi connectivity index (χ2v) is 9.84. The van der Waals surface area contributed by atoms with E-state index in [-0.39, 0.29) is 24.1 Å². The lowest BCUT2D eigenvalue weighted by Crippen LogP contribution is -2.55. The minimum atomic E-state index is -1.11. The first-order chi connectivity index (χ1) is 16.1. The first-order valence-electron chi connectivity index (χ1n) is 11.7. The molecule has 1 aliphatic carbocycles. The standard InChI is InChI=1S/C24H37N3O6S/c1-24(2,3)33-23(32)26-19(15-34)22(31)27(12-13-28)20(16-8-7-11-18(29)14-16)21(30)25-17-9-5-4-6-10-17/h7-8,11,14,17,19-20,28-29,34H,4-6,9-10,12-13,15H2,1-3H3,(H,25,30)(H,26,32). The van der Waals surface area contributed by atoms with Crippen LogP contribution in [0.1, 0.15) is 64.5 Å². The summed E-state index contributed by atoms with van der Waals surface area (Å²) in [5.74, 6) is -1.10.